The van der Waals surface area contributed by atoms with Gasteiger partial charge in [-0.3, -0.25) is 9.67 Å². The number of benzene rings is 1. The summed E-state index contributed by atoms with van der Waals surface area (Å²) in [5, 5.41) is 11.3. The number of hydrogen-bond acceptors (Lipinski definition) is 5. The van der Waals surface area contributed by atoms with Gasteiger partial charge >= 0.3 is 0 Å². The summed E-state index contributed by atoms with van der Waals surface area (Å²) >= 11 is 0. The van der Waals surface area contributed by atoms with Crippen molar-refractivity contribution < 1.29 is 14.2 Å². The third-order valence-electron chi connectivity index (χ3n) is 4.64. The minimum absolute atomic E-state index is 0. The van der Waals surface area contributed by atoms with Crippen molar-refractivity contribution in [2.75, 3.05) is 35.0 Å². The number of nitrogens with zero attached hydrogens (tertiary/aromatic N) is 3. The minimum atomic E-state index is 0. The van der Waals surface area contributed by atoms with Gasteiger partial charge in [0.05, 0.1) is 33.1 Å². The molecule has 162 valence electrons. The summed E-state index contributed by atoms with van der Waals surface area (Å²) in [6, 6.07) is 5.76. The van der Waals surface area contributed by atoms with Gasteiger partial charge in [0, 0.05) is 50.1 Å². The molecule has 0 bridgehead atoms. The van der Waals surface area contributed by atoms with Crippen molar-refractivity contribution in [3.63, 3.8) is 0 Å². The average molecular weight is 517 g/mol. The van der Waals surface area contributed by atoms with Crippen LogP contribution in [0.1, 0.15) is 22.5 Å². The number of aliphatic imine (C=N–C) groups is 1. The van der Waals surface area contributed by atoms with Crippen LogP contribution in [0.3, 0.4) is 0 Å². The lowest BCUT2D eigenvalue weighted by atomic mass is 10.2. The van der Waals surface area contributed by atoms with E-state index in [1.807, 2.05) is 29.8 Å². The van der Waals surface area contributed by atoms with Crippen LogP contribution in [-0.4, -0.2) is 50.7 Å². The molecule has 0 saturated heterocycles. The maximum absolute atomic E-state index is 5.45. The highest BCUT2D eigenvalue weighted by Gasteiger charge is 2.12. The molecule has 0 unspecified atom stereocenters. The van der Waals surface area contributed by atoms with Gasteiger partial charge in [-0.1, -0.05) is 0 Å². The van der Waals surface area contributed by atoms with E-state index in [1.54, 1.807) is 28.4 Å². The van der Waals surface area contributed by atoms with E-state index >= 15 is 0 Å². The topological polar surface area (TPSA) is 81.9 Å². The molecular formula is C20H32IN5O3. The minimum Gasteiger partial charge on any atom is -0.497 e. The van der Waals surface area contributed by atoms with E-state index in [0.29, 0.717) is 25.7 Å². The second-order valence-corrected chi connectivity index (χ2v) is 6.32. The molecule has 1 aromatic heterocycles. The van der Waals surface area contributed by atoms with E-state index < -0.39 is 0 Å². The molecule has 0 spiro atoms. The van der Waals surface area contributed by atoms with Crippen molar-refractivity contribution in [3.05, 3.63) is 40.7 Å². The second kappa shape index (κ2) is 12.5. The Hall–Kier alpha value is -2.01. The monoisotopic (exact) mass is 517 g/mol. The molecule has 2 rings (SSSR count). The first-order valence-electron chi connectivity index (χ1n) is 9.21. The molecule has 0 amide bonds. The molecule has 0 fully saturated rings. The van der Waals surface area contributed by atoms with Crippen LogP contribution in [0.2, 0.25) is 0 Å². The van der Waals surface area contributed by atoms with Crippen LogP contribution >= 0.6 is 24.0 Å². The molecule has 29 heavy (non-hydrogen) atoms. The highest BCUT2D eigenvalue weighted by atomic mass is 127. The number of nitrogens with one attached hydrogen (secondary N) is 2. The molecule has 1 heterocycles. The van der Waals surface area contributed by atoms with Gasteiger partial charge in [-0.2, -0.15) is 5.10 Å². The Kier molecular flexibility index (Phi) is 10.8. The van der Waals surface area contributed by atoms with Gasteiger partial charge in [0.15, 0.2) is 5.96 Å². The van der Waals surface area contributed by atoms with E-state index in [4.69, 9.17) is 14.2 Å². The Labute approximate surface area is 190 Å². The van der Waals surface area contributed by atoms with Gasteiger partial charge < -0.3 is 24.8 Å². The van der Waals surface area contributed by atoms with E-state index in [-0.39, 0.29) is 24.0 Å². The number of hydrogen-bond donors (Lipinski definition) is 2. The van der Waals surface area contributed by atoms with Gasteiger partial charge in [0.2, 0.25) is 0 Å². The first-order chi connectivity index (χ1) is 13.5. The fourth-order valence-electron chi connectivity index (χ4n) is 2.95. The van der Waals surface area contributed by atoms with Gasteiger partial charge in [0.25, 0.3) is 0 Å². The lowest BCUT2D eigenvalue weighted by Crippen LogP contribution is -2.36. The summed E-state index contributed by atoms with van der Waals surface area (Å²) in [6.45, 7) is 6.70. The highest BCUT2D eigenvalue weighted by Crippen LogP contribution is 2.24. The zero-order valence-corrected chi connectivity index (χ0v) is 20.4. The van der Waals surface area contributed by atoms with E-state index in [9.17, 15) is 0 Å². The van der Waals surface area contributed by atoms with Crippen LogP contribution < -0.4 is 20.1 Å². The number of ether oxygens (including phenoxy) is 3. The van der Waals surface area contributed by atoms with Crippen molar-refractivity contribution in [2.24, 2.45) is 4.99 Å². The second-order valence-electron chi connectivity index (χ2n) is 6.32. The van der Waals surface area contributed by atoms with E-state index in [2.05, 4.69) is 27.6 Å². The zero-order chi connectivity index (χ0) is 20.5. The predicted octanol–water partition coefficient (Wildman–Crippen LogP) is 2.65. The van der Waals surface area contributed by atoms with Crippen molar-refractivity contribution in [1.82, 2.24) is 20.4 Å². The Morgan fingerprint density at radius 1 is 1.10 bits per heavy atom. The molecule has 9 heteroatoms. The predicted molar refractivity (Wildman–Crippen MR) is 126 cm³/mol. The van der Waals surface area contributed by atoms with Gasteiger partial charge in [-0.15, -0.1) is 24.0 Å². The summed E-state index contributed by atoms with van der Waals surface area (Å²) in [5.74, 6) is 2.24. The van der Waals surface area contributed by atoms with E-state index in [0.717, 1.165) is 35.0 Å². The van der Waals surface area contributed by atoms with Crippen LogP contribution in [0, 0.1) is 13.8 Å². The number of methoxy groups -OCH3 is 3. The molecular weight excluding hydrogens is 485 g/mol. The smallest absolute Gasteiger partial charge is 0.191 e. The fraction of sp³-hybridized carbons (Fsp3) is 0.500. The molecule has 0 saturated carbocycles. The maximum atomic E-state index is 5.45. The number of aromatic nitrogens is 2. The van der Waals surface area contributed by atoms with Crippen LogP contribution in [0.25, 0.3) is 0 Å². The maximum Gasteiger partial charge on any atom is 0.191 e. The average Bonchev–Trinajstić information content (AvgIpc) is 2.99. The van der Waals surface area contributed by atoms with Crippen molar-refractivity contribution in [2.45, 2.75) is 33.5 Å². The Balaban J connectivity index is 0.00000420. The van der Waals surface area contributed by atoms with Crippen molar-refractivity contribution in [1.29, 1.82) is 0 Å². The molecule has 2 aromatic rings. The lowest BCUT2D eigenvalue weighted by Gasteiger charge is -2.15. The third-order valence-corrected chi connectivity index (χ3v) is 4.64. The summed E-state index contributed by atoms with van der Waals surface area (Å²) in [6.07, 6.45) is 0. The Morgan fingerprint density at radius 3 is 2.45 bits per heavy atom. The quantitative estimate of drug-likeness (QED) is 0.303. The Bertz CT molecular complexity index is 808. The van der Waals surface area contributed by atoms with Crippen LogP contribution in [-0.2, 0) is 24.4 Å². The molecule has 0 aliphatic carbocycles. The highest BCUT2D eigenvalue weighted by molar-refractivity contribution is 14.0. The first kappa shape index (κ1) is 25.0. The van der Waals surface area contributed by atoms with Crippen LogP contribution in [0.5, 0.6) is 11.5 Å². The number of aryl methyl sites for hydroxylation is 1. The van der Waals surface area contributed by atoms with Crippen LogP contribution in [0.4, 0.5) is 0 Å². The van der Waals surface area contributed by atoms with Crippen molar-refractivity contribution in [3.8, 4) is 11.5 Å². The van der Waals surface area contributed by atoms with Gasteiger partial charge in [-0.05, 0) is 26.0 Å². The molecule has 0 atom stereocenters. The molecule has 0 radical (unpaired) electrons. The fourth-order valence-corrected chi connectivity index (χ4v) is 2.95. The molecule has 0 aliphatic rings. The molecule has 1 aromatic carbocycles. The summed E-state index contributed by atoms with van der Waals surface area (Å²) in [5.41, 5.74) is 4.33. The normalized spacial score (nSPS) is 11.0. The number of halogens is 1. The summed E-state index contributed by atoms with van der Waals surface area (Å²) < 4.78 is 17.8. The summed E-state index contributed by atoms with van der Waals surface area (Å²) in [7, 11) is 6.74. The van der Waals surface area contributed by atoms with Gasteiger partial charge in [0.1, 0.15) is 11.5 Å². The Morgan fingerprint density at radius 2 is 1.83 bits per heavy atom. The molecule has 2 N–H and O–H groups in total. The van der Waals surface area contributed by atoms with Crippen molar-refractivity contribution >= 4 is 29.9 Å². The zero-order valence-electron chi connectivity index (χ0n) is 18.0. The molecule has 8 nitrogen and oxygen atoms in total. The summed E-state index contributed by atoms with van der Waals surface area (Å²) in [4.78, 5) is 4.30. The van der Waals surface area contributed by atoms with E-state index in [1.165, 1.54) is 5.56 Å². The largest absolute Gasteiger partial charge is 0.497 e. The molecule has 0 aliphatic heterocycles. The standard InChI is InChI=1S/C20H31N5O3.HI/c1-14-18(15(2)25(24-14)9-10-26-4)13-23-20(21-3)22-12-16-7-8-17(27-5)11-19(16)28-6;/h7-8,11H,9-10,12-13H2,1-6H3,(H2,21,22,23);1H. The third kappa shape index (κ3) is 6.77. The number of rotatable bonds is 9. The number of guanidine groups is 1. The van der Waals surface area contributed by atoms with Crippen LogP contribution in [0.15, 0.2) is 23.2 Å². The lowest BCUT2D eigenvalue weighted by molar-refractivity contribution is 0.182. The van der Waals surface area contributed by atoms with Gasteiger partial charge in [-0.25, -0.2) is 0 Å². The first-order valence-corrected chi connectivity index (χ1v) is 9.21. The SMILES string of the molecule is CN=C(NCc1ccc(OC)cc1OC)NCc1c(C)nn(CCOC)c1C.I.